The minimum Gasteiger partial charge on any atom is -0.466 e. The minimum absolute atomic E-state index is 0.00854. The second kappa shape index (κ2) is 6.51. The summed E-state index contributed by atoms with van der Waals surface area (Å²) in [6.07, 6.45) is -5.34. The number of ether oxygens (including phenoxy) is 1. The van der Waals surface area contributed by atoms with Crippen LogP contribution in [-0.2, 0) is 9.53 Å². The van der Waals surface area contributed by atoms with E-state index in [9.17, 15) is 32.3 Å². The van der Waals surface area contributed by atoms with E-state index in [0.717, 1.165) is 31.3 Å². The van der Waals surface area contributed by atoms with Gasteiger partial charge in [0.15, 0.2) is 0 Å². The van der Waals surface area contributed by atoms with Gasteiger partial charge in [0.05, 0.1) is 12.6 Å². The fourth-order valence-corrected chi connectivity index (χ4v) is 2.75. The molecule has 2 N–H and O–H groups in total. The number of carbonyl (C=O) groups excluding carboxylic acids is 2. The van der Waals surface area contributed by atoms with Gasteiger partial charge in [0, 0.05) is 7.05 Å². The third kappa shape index (κ3) is 3.13. The SMILES string of the molecule is CCOC(=O)[C@@H]1[C@H](c2ccc(F)cc2)NC(=O)N(C)[C@@]1(O)C(F)(F)F. The molecule has 25 heavy (non-hydrogen) atoms. The Labute approximate surface area is 140 Å². The predicted molar refractivity (Wildman–Crippen MR) is 76.6 cm³/mol. The molecule has 10 heteroatoms. The highest BCUT2D eigenvalue weighted by Gasteiger charge is 2.69. The molecule has 1 aliphatic rings. The molecular weight excluding hydrogens is 348 g/mol. The summed E-state index contributed by atoms with van der Waals surface area (Å²) in [5.41, 5.74) is -3.77. The van der Waals surface area contributed by atoms with Crippen molar-refractivity contribution in [3.8, 4) is 0 Å². The zero-order valence-corrected chi connectivity index (χ0v) is 13.3. The third-order valence-corrected chi connectivity index (χ3v) is 4.05. The van der Waals surface area contributed by atoms with Crippen LogP contribution >= 0.6 is 0 Å². The van der Waals surface area contributed by atoms with Crippen LogP contribution in [0.25, 0.3) is 0 Å². The van der Waals surface area contributed by atoms with Crippen molar-refractivity contribution >= 4 is 12.0 Å². The van der Waals surface area contributed by atoms with Crippen LogP contribution in [0.2, 0.25) is 0 Å². The van der Waals surface area contributed by atoms with Gasteiger partial charge in [-0.2, -0.15) is 13.2 Å². The number of nitrogens with one attached hydrogen (secondary N) is 1. The van der Waals surface area contributed by atoms with Crippen molar-refractivity contribution in [1.29, 1.82) is 0 Å². The highest BCUT2D eigenvalue weighted by atomic mass is 19.4. The number of esters is 1. The fourth-order valence-electron chi connectivity index (χ4n) is 2.75. The van der Waals surface area contributed by atoms with E-state index < -0.39 is 41.7 Å². The van der Waals surface area contributed by atoms with Crippen LogP contribution in [0, 0.1) is 11.7 Å². The van der Waals surface area contributed by atoms with Gasteiger partial charge in [0.1, 0.15) is 11.7 Å². The molecule has 1 heterocycles. The van der Waals surface area contributed by atoms with Crippen LogP contribution in [0.15, 0.2) is 24.3 Å². The van der Waals surface area contributed by atoms with E-state index in [0.29, 0.717) is 0 Å². The van der Waals surface area contributed by atoms with E-state index >= 15 is 0 Å². The second-order valence-corrected chi connectivity index (χ2v) is 5.49. The monoisotopic (exact) mass is 364 g/mol. The molecule has 0 aromatic heterocycles. The number of benzene rings is 1. The molecule has 3 atom stereocenters. The molecule has 0 aliphatic carbocycles. The van der Waals surface area contributed by atoms with Crippen molar-refractivity contribution in [2.75, 3.05) is 13.7 Å². The summed E-state index contributed by atoms with van der Waals surface area (Å²) in [5.74, 6) is -4.20. The Balaban J connectivity index is 2.62. The molecule has 138 valence electrons. The molecule has 0 radical (unpaired) electrons. The zero-order valence-electron chi connectivity index (χ0n) is 13.3. The molecular formula is C15H16F4N2O4. The van der Waals surface area contributed by atoms with Crippen LogP contribution < -0.4 is 5.32 Å². The maximum atomic E-state index is 13.6. The summed E-state index contributed by atoms with van der Waals surface area (Å²) < 4.78 is 58.6. The quantitative estimate of drug-likeness (QED) is 0.635. The Kier molecular flexibility index (Phi) is 4.94. The normalized spacial score (nSPS) is 27.0. The molecule has 0 spiro atoms. The van der Waals surface area contributed by atoms with Gasteiger partial charge >= 0.3 is 18.2 Å². The van der Waals surface area contributed by atoms with E-state index in [-0.39, 0.29) is 17.1 Å². The first kappa shape index (κ1) is 19.0. The number of rotatable bonds is 3. The van der Waals surface area contributed by atoms with Gasteiger partial charge < -0.3 is 15.2 Å². The van der Waals surface area contributed by atoms with Gasteiger partial charge in [-0.15, -0.1) is 0 Å². The Bertz CT molecular complexity index is 664. The van der Waals surface area contributed by atoms with Gasteiger partial charge in [-0.25, -0.2) is 9.18 Å². The molecule has 2 rings (SSSR count). The predicted octanol–water partition coefficient (Wildman–Crippen LogP) is 1.95. The first-order valence-corrected chi connectivity index (χ1v) is 7.29. The molecule has 1 saturated heterocycles. The van der Waals surface area contributed by atoms with Crippen molar-refractivity contribution in [3.05, 3.63) is 35.6 Å². The number of urea groups is 1. The molecule has 1 aliphatic heterocycles. The highest BCUT2D eigenvalue weighted by molar-refractivity contribution is 5.83. The largest absolute Gasteiger partial charge is 0.466 e. The summed E-state index contributed by atoms with van der Waals surface area (Å²) in [6.45, 7) is 1.17. The maximum absolute atomic E-state index is 13.6. The summed E-state index contributed by atoms with van der Waals surface area (Å²) in [7, 11) is 0.718. The molecule has 2 amide bonds. The van der Waals surface area contributed by atoms with E-state index in [2.05, 4.69) is 10.1 Å². The molecule has 6 nitrogen and oxygen atoms in total. The lowest BCUT2D eigenvalue weighted by Gasteiger charge is -2.49. The highest BCUT2D eigenvalue weighted by Crippen LogP contribution is 2.46. The van der Waals surface area contributed by atoms with Crippen molar-refractivity contribution in [3.63, 3.8) is 0 Å². The number of hydrogen-bond donors (Lipinski definition) is 2. The van der Waals surface area contributed by atoms with Crippen molar-refractivity contribution in [1.82, 2.24) is 10.2 Å². The average Bonchev–Trinajstić information content (AvgIpc) is 2.52. The number of carbonyl (C=O) groups is 2. The average molecular weight is 364 g/mol. The van der Waals surface area contributed by atoms with Crippen LogP contribution in [0.4, 0.5) is 22.4 Å². The van der Waals surface area contributed by atoms with Gasteiger partial charge in [0.25, 0.3) is 5.72 Å². The van der Waals surface area contributed by atoms with Crippen molar-refractivity contribution < 1.29 is 37.0 Å². The maximum Gasteiger partial charge on any atom is 0.437 e. The lowest BCUT2D eigenvalue weighted by atomic mass is 9.81. The van der Waals surface area contributed by atoms with E-state index in [1.165, 1.54) is 6.92 Å². The molecule has 1 fully saturated rings. The summed E-state index contributed by atoms with van der Waals surface area (Å²) in [6, 6.07) is 1.37. The lowest BCUT2D eigenvalue weighted by molar-refractivity contribution is -0.328. The smallest absolute Gasteiger partial charge is 0.437 e. The molecule has 1 aromatic rings. The molecule has 0 bridgehead atoms. The van der Waals surface area contributed by atoms with Crippen molar-refractivity contribution in [2.24, 2.45) is 5.92 Å². The van der Waals surface area contributed by atoms with Crippen LogP contribution in [0.5, 0.6) is 0 Å². The third-order valence-electron chi connectivity index (χ3n) is 4.05. The number of amides is 2. The Morgan fingerprint density at radius 3 is 2.40 bits per heavy atom. The standard InChI is InChI=1S/C15H16F4N2O4/c1-3-25-12(22)10-11(8-4-6-9(16)7-5-8)20-13(23)21(2)14(10,24)15(17,18)19/h4-7,10-11,24H,3H2,1-2H3,(H,20,23)/t10-,11-,14-/m0/s1. The Morgan fingerprint density at radius 1 is 1.36 bits per heavy atom. The Morgan fingerprint density at radius 2 is 1.92 bits per heavy atom. The minimum atomic E-state index is -5.34. The number of hydrogen-bond acceptors (Lipinski definition) is 4. The molecule has 0 unspecified atom stereocenters. The summed E-state index contributed by atoms with van der Waals surface area (Å²) >= 11 is 0. The zero-order chi connectivity index (χ0) is 19.0. The van der Waals surface area contributed by atoms with E-state index in [1.807, 2.05) is 0 Å². The van der Waals surface area contributed by atoms with Crippen LogP contribution in [-0.4, -0.2) is 47.6 Å². The second-order valence-electron chi connectivity index (χ2n) is 5.49. The van der Waals surface area contributed by atoms with E-state index in [1.54, 1.807) is 0 Å². The number of alkyl halides is 3. The van der Waals surface area contributed by atoms with Gasteiger partial charge in [0.2, 0.25) is 0 Å². The number of aliphatic hydroxyl groups is 1. The van der Waals surface area contributed by atoms with E-state index in [4.69, 9.17) is 0 Å². The first-order valence-electron chi connectivity index (χ1n) is 7.29. The van der Waals surface area contributed by atoms with Crippen LogP contribution in [0.1, 0.15) is 18.5 Å². The van der Waals surface area contributed by atoms with Gasteiger partial charge in [-0.05, 0) is 24.6 Å². The fraction of sp³-hybridized carbons (Fsp3) is 0.467. The van der Waals surface area contributed by atoms with Crippen molar-refractivity contribution in [2.45, 2.75) is 24.9 Å². The van der Waals surface area contributed by atoms with Gasteiger partial charge in [-0.3, -0.25) is 9.69 Å². The number of nitrogens with zero attached hydrogens (tertiary/aromatic N) is 1. The summed E-state index contributed by atoms with van der Waals surface area (Å²) in [4.78, 5) is 24.2. The summed E-state index contributed by atoms with van der Waals surface area (Å²) in [5, 5.41) is 12.6. The van der Waals surface area contributed by atoms with Gasteiger partial charge in [-0.1, -0.05) is 12.1 Å². The molecule has 1 aromatic carbocycles. The Hall–Kier alpha value is -2.36. The molecule has 0 saturated carbocycles. The van der Waals surface area contributed by atoms with Crippen LogP contribution in [0.3, 0.4) is 0 Å². The topological polar surface area (TPSA) is 78.9 Å². The number of halogens is 4. The first-order chi connectivity index (χ1) is 11.5. The lowest BCUT2D eigenvalue weighted by Crippen LogP contribution is -2.73.